The van der Waals surface area contributed by atoms with Crippen molar-refractivity contribution >= 4 is 12.1 Å². The van der Waals surface area contributed by atoms with Crippen LogP contribution in [0.1, 0.15) is 47.5 Å². The second kappa shape index (κ2) is 7.64. The van der Waals surface area contributed by atoms with Crippen LogP contribution in [0.4, 0.5) is 4.79 Å². The van der Waals surface area contributed by atoms with Crippen molar-refractivity contribution < 1.29 is 19.1 Å². The Morgan fingerprint density at radius 3 is 2.29 bits per heavy atom. The van der Waals surface area contributed by atoms with Gasteiger partial charge in [-0.25, -0.2) is 4.79 Å². The highest BCUT2D eigenvalue weighted by atomic mass is 16.6. The molecule has 122 valence electrons. The number of rotatable bonds is 4. The van der Waals surface area contributed by atoms with Gasteiger partial charge in [0.15, 0.2) is 0 Å². The number of carbonyl (C=O) groups is 2. The summed E-state index contributed by atoms with van der Waals surface area (Å²) in [6.07, 6.45) is 1.17. The number of amides is 1. The van der Waals surface area contributed by atoms with Gasteiger partial charge in [-0.3, -0.25) is 9.69 Å². The molecule has 0 aliphatic carbocycles. The van der Waals surface area contributed by atoms with Crippen molar-refractivity contribution in [2.24, 2.45) is 0 Å². The van der Waals surface area contributed by atoms with Crippen molar-refractivity contribution in [1.29, 1.82) is 0 Å². The fourth-order valence-corrected chi connectivity index (χ4v) is 2.19. The maximum atomic E-state index is 11.7. The molecular formula is C15H28N2O4. The third kappa shape index (κ3) is 7.90. The Bertz CT molecular complexity index is 355. The molecule has 1 heterocycles. The van der Waals surface area contributed by atoms with Crippen molar-refractivity contribution in [3.05, 3.63) is 0 Å². The number of piperidine rings is 1. The maximum Gasteiger partial charge on any atom is 0.407 e. The molecule has 1 N–H and O–H groups in total. The molecule has 0 atom stereocenters. The summed E-state index contributed by atoms with van der Waals surface area (Å²) in [5.74, 6) is -0.191. The van der Waals surface area contributed by atoms with Gasteiger partial charge in [0.1, 0.15) is 5.60 Å². The van der Waals surface area contributed by atoms with Gasteiger partial charge in [-0.2, -0.15) is 0 Å². The molecule has 6 heteroatoms. The van der Waals surface area contributed by atoms with Gasteiger partial charge in [-0.15, -0.1) is 0 Å². The quantitative estimate of drug-likeness (QED) is 0.804. The average Bonchev–Trinajstić information content (AvgIpc) is 2.27. The lowest BCUT2D eigenvalue weighted by atomic mass is 10.1. The first-order valence-corrected chi connectivity index (χ1v) is 7.57. The van der Waals surface area contributed by atoms with Crippen LogP contribution in [0.3, 0.4) is 0 Å². The van der Waals surface area contributed by atoms with E-state index in [0.717, 1.165) is 25.9 Å². The fraction of sp³-hybridized carbons (Fsp3) is 0.867. The van der Waals surface area contributed by atoms with Crippen LogP contribution in [0.15, 0.2) is 0 Å². The second-order valence-corrected chi connectivity index (χ2v) is 6.74. The molecule has 1 aliphatic rings. The van der Waals surface area contributed by atoms with Crippen molar-refractivity contribution in [2.75, 3.05) is 19.6 Å². The molecule has 0 radical (unpaired) electrons. The van der Waals surface area contributed by atoms with Crippen molar-refractivity contribution in [1.82, 2.24) is 10.2 Å². The predicted molar refractivity (Wildman–Crippen MR) is 80.1 cm³/mol. The van der Waals surface area contributed by atoms with Gasteiger partial charge in [-0.1, -0.05) is 0 Å². The Morgan fingerprint density at radius 1 is 1.24 bits per heavy atom. The van der Waals surface area contributed by atoms with Crippen LogP contribution in [-0.4, -0.2) is 54.3 Å². The lowest BCUT2D eigenvalue weighted by Crippen LogP contribution is -2.47. The van der Waals surface area contributed by atoms with Gasteiger partial charge in [0.25, 0.3) is 0 Å². The van der Waals surface area contributed by atoms with E-state index in [1.165, 1.54) is 0 Å². The zero-order chi connectivity index (χ0) is 16.0. The zero-order valence-electron chi connectivity index (χ0n) is 13.8. The Hall–Kier alpha value is -1.30. The van der Waals surface area contributed by atoms with Crippen LogP contribution in [0.5, 0.6) is 0 Å². The number of carbonyl (C=O) groups excluding carboxylic acids is 2. The number of nitrogens with zero attached hydrogens (tertiary/aromatic N) is 1. The monoisotopic (exact) mass is 300 g/mol. The van der Waals surface area contributed by atoms with E-state index in [2.05, 4.69) is 10.2 Å². The minimum Gasteiger partial charge on any atom is -0.462 e. The molecule has 0 unspecified atom stereocenters. The number of nitrogens with one attached hydrogen (secondary N) is 1. The minimum absolute atomic E-state index is 0.0797. The Labute approximate surface area is 127 Å². The molecule has 0 aromatic rings. The van der Waals surface area contributed by atoms with E-state index in [4.69, 9.17) is 9.47 Å². The maximum absolute atomic E-state index is 11.7. The van der Waals surface area contributed by atoms with Gasteiger partial charge >= 0.3 is 12.1 Å². The lowest BCUT2D eigenvalue weighted by Gasteiger charge is -2.32. The van der Waals surface area contributed by atoms with Crippen molar-refractivity contribution in [3.63, 3.8) is 0 Å². The first kappa shape index (κ1) is 17.8. The van der Waals surface area contributed by atoms with Crippen LogP contribution in [0, 0.1) is 0 Å². The standard InChI is InChI=1S/C15H28N2O4/c1-11(2)20-13(18)10-17-8-6-12(7-9-17)16-14(19)21-15(3,4)5/h11-12H,6-10H2,1-5H3,(H,16,19). The van der Waals surface area contributed by atoms with E-state index in [1.54, 1.807) is 0 Å². The number of hydrogen-bond donors (Lipinski definition) is 1. The molecule has 1 amide bonds. The van der Waals surface area contributed by atoms with E-state index >= 15 is 0 Å². The smallest absolute Gasteiger partial charge is 0.407 e. The van der Waals surface area contributed by atoms with E-state index in [0.29, 0.717) is 6.54 Å². The number of ether oxygens (including phenoxy) is 2. The van der Waals surface area contributed by atoms with E-state index < -0.39 is 5.60 Å². The van der Waals surface area contributed by atoms with E-state index in [1.807, 2.05) is 34.6 Å². The highest BCUT2D eigenvalue weighted by Gasteiger charge is 2.24. The summed E-state index contributed by atoms with van der Waals surface area (Å²) in [4.78, 5) is 25.3. The molecule has 0 saturated carbocycles. The third-order valence-corrected chi connectivity index (χ3v) is 3.03. The number of likely N-dealkylation sites (tertiary alicyclic amines) is 1. The van der Waals surface area contributed by atoms with Crippen LogP contribution >= 0.6 is 0 Å². The third-order valence-electron chi connectivity index (χ3n) is 3.03. The first-order valence-electron chi connectivity index (χ1n) is 7.57. The fourth-order valence-electron chi connectivity index (χ4n) is 2.19. The minimum atomic E-state index is -0.481. The van der Waals surface area contributed by atoms with Crippen LogP contribution < -0.4 is 5.32 Å². The summed E-state index contributed by atoms with van der Waals surface area (Å²) in [7, 11) is 0. The zero-order valence-corrected chi connectivity index (χ0v) is 13.8. The Morgan fingerprint density at radius 2 is 1.81 bits per heavy atom. The highest BCUT2D eigenvalue weighted by Crippen LogP contribution is 2.12. The van der Waals surface area contributed by atoms with Crippen molar-refractivity contribution in [3.8, 4) is 0 Å². The molecule has 1 rings (SSSR count). The lowest BCUT2D eigenvalue weighted by molar-refractivity contribution is -0.149. The average molecular weight is 300 g/mol. The molecule has 1 fully saturated rings. The molecule has 1 aliphatic heterocycles. The molecule has 21 heavy (non-hydrogen) atoms. The van der Waals surface area contributed by atoms with Gasteiger partial charge in [-0.05, 0) is 47.5 Å². The van der Waals surface area contributed by atoms with Crippen LogP contribution in [0.2, 0.25) is 0 Å². The summed E-state index contributed by atoms with van der Waals surface area (Å²) in [5.41, 5.74) is -0.481. The summed E-state index contributed by atoms with van der Waals surface area (Å²) >= 11 is 0. The van der Waals surface area contributed by atoms with Gasteiger partial charge in [0.05, 0.1) is 12.6 Å². The number of alkyl carbamates (subject to hydrolysis) is 1. The van der Waals surface area contributed by atoms with Crippen LogP contribution in [-0.2, 0) is 14.3 Å². The Kier molecular flexibility index (Phi) is 6.45. The number of esters is 1. The van der Waals surface area contributed by atoms with Gasteiger partial charge in [0, 0.05) is 19.1 Å². The molecule has 0 bridgehead atoms. The highest BCUT2D eigenvalue weighted by molar-refractivity contribution is 5.71. The second-order valence-electron chi connectivity index (χ2n) is 6.74. The van der Waals surface area contributed by atoms with Crippen LogP contribution in [0.25, 0.3) is 0 Å². The molecule has 1 saturated heterocycles. The normalized spacial score (nSPS) is 17.6. The number of hydrogen-bond acceptors (Lipinski definition) is 5. The first-order chi connectivity index (χ1) is 9.65. The van der Waals surface area contributed by atoms with E-state index in [-0.39, 0.29) is 24.2 Å². The summed E-state index contributed by atoms with van der Waals surface area (Å²) in [6.45, 7) is 11.1. The largest absolute Gasteiger partial charge is 0.462 e. The Balaban J connectivity index is 2.26. The SMILES string of the molecule is CC(C)OC(=O)CN1CCC(NC(=O)OC(C)(C)C)CC1. The summed E-state index contributed by atoms with van der Waals surface area (Å²) in [5, 5.41) is 2.88. The van der Waals surface area contributed by atoms with Crippen molar-refractivity contribution in [2.45, 2.75) is 65.2 Å². The molecular weight excluding hydrogens is 272 g/mol. The molecule has 6 nitrogen and oxygen atoms in total. The topological polar surface area (TPSA) is 67.9 Å². The molecule has 0 aromatic heterocycles. The van der Waals surface area contributed by atoms with Gasteiger partial charge in [0.2, 0.25) is 0 Å². The summed E-state index contributed by atoms with van der Waals surface area (Å²) in [6, 6.07) is 0.109. The molecule has 0 aromatic carbocycles. The molecule has 0 spiro atoms. The summed E-state index contributed by atoms with van der Waals surface area (Å²) < 4.78 is 10.4. The predicted octanol–water partition coefficient (Wildman–Crippen LogP) is 1.93. The van der Waals surface area contributed by atoms with E-state index in [9.17, 15) is 9.59 Å². The van der Waals surface area contributed by atoms with Gasteiger partial charge < -0.3 is 14.8 Å².